The molecule has 0 bridgehead atoms. The van der Waals surface area contributed by atoms with Gasteiger partial charge in [0.05, 0.1) is 0 Å². The minimum Gasteiger partial charge on any atom is -0.456 e. The van der Waals surface area contributed by atoms with Gasteiger partial charge in [0.25, 0.3) is 0 Å². The molecule has 0 aliphatic carbocycles. The lowest BCUT2D eigenvalue weighted by atomic mass is 9.92. The first kappa shape index (κ1) is 32.9. The molecule has 0 N–H and O–H groups in total. The number of aromatic nitrogens is 3. The molecule has 0 saturated carbocycles. The fourth-order valence-electron chi connectivity index (χ4n) is 9.33. The molecule has 3 aromatic heterocycles. The third kappa shape index (κ3) is 4.96. The minimum atomic E-state index is 0.599. The van der Waals surface area contributed by atoms with Crippen molar-refractivity contribution < 1.29 is 8.83 Å². The molecule has 0 aliphatic heterocycles. The molecule has 0 aliphatic rings. The van der Waals surface area contributed by atoms with Gasteiger partial charge in [-0.1, -0.05) is 146 Å². The Morgan fingerprint density at radius 2 is 0.833 bits per heavy atom. The average molecular weight is 766 g/mol. The van der Waals surface area contributed by atoms with Gasteiger partial charge in [0.1, 0.15) is 22.3 Å². The summed E-state index contributed by atoms with van der Waals surface area (Å²) in [5.74, 6) is 1.82. The van der Waals surface area contributed by atoms with Crippen LogP contribution in [0.3, 0.4) is 0 Å². The van der Waals surface area contributed by atoms with Crippen LogP contribution in [0.1, 0.15) is 0 Å². The molecule has 0 atom stereocenters. The van der Waals surface area contributed by atoms with E-state index in [4.69, 9.17) is 23.8 Å². The maximum absolute atomic E-state index is 6.32. The van der Waals surface area contributed by atoms with Crippen LogP contribution in [0.4, 0.5) is 0 Å². The van der Waals surface area contributed by atoms with Crippen molar-refractivity contribution in [2.24, 2.45) is 0 Å². The van der Waals surface area contributed by atoms with Crippen LogP contribution in [0.5, 0.6) is 0 Å². The highest BCUT2D eigenvalue weighted by atomic mass is 16.3. The lowest BCUT2D eigenvalue weighted by molar-refractivity contribution is 0.669. The Morgan fingerprint density at radius 1 is 0.267 bits per heavy atom. The highest BCUT2D eigenvalue weighted by molar-refractivity contribution is 6.17. The van der Waals surface area contributed by atoms with Gasteiger partial charge in [-0.25, -0.2) is 15.0 Å². The molecule has 3 heterocycles. The SMILES string of the molecule is c1ccc2c(c1)cc(-c1nc(-c3ccc4cc5c(cc4c3)oc3ccccc35)nc(-c3cccc4c(-c5cccc6oc7ccccc7c56)cccc34)n1)c1ccccc12. The molecule has 0 saturated heterocycles. The van der Waals surface area contributed by atoms with E-state index in [0.29, 0.717) is 17.5 Å². The summed E-state index contributed by atoms with van der Waals surface area (Å²) >= 11 is 0. The van der Waals surface area contributed by atoms with Gasteiger partial charge in [-0.15, -0.1) is 0 Å². The maximum Gasteiger partial charge on any atom is 0.164 e. The third-order valence-corrected chi connectivity index (χ3v) is 12.1. The number of nitrogens with zero attached hydrogens (tertiary/aromatic N) is 3. The standard InChI is InChI=1S/C55H31N3O2/c1-2-13-36-33(12-1)30-47(41-15-4-3-14-37(36)41)55-57-53(34-27-26-32-29-46-42-16-5-7-23-48(42)60-51(46)31-35(32)28-34)56-54(58-55)44-22-10-18-38-39(19-9-20-40(38)44)43-21-11-25-50-52(43)45-17-6-8-24-49(45)59-50/h1-31H. The highest BCUT2D eigenvalue weighted by Crippen LogP contribution is 2.42. The Labute approximate surface area is 342 Å². The van der Waals surface area contributed by atoms with Crippen LogP contribution >= 0.6 is 0 Å². The molecule has 0 fully saturated rings. The Balaban J connectivity index is 1.06. The molecular weight excluding hydrogens is 735 g/mol. The molecule has 0 spiro atoms. The number of para-hydroxylation sites is 2. The van der Waals surface area contributed by atoms with Crippen molar-refractivity contribution in [3.05, 3.63) is 188 Å². The van der Waals surface area contributed by atoms with Gasteiger partial charge in [-0.3, -0.25) is 0 Å². The summed E-state index contributed by atoms with van der Waals surface area (Å²) in [7, 11) is 0. The van der Waals surface area contributed by atoms with E-state index in [9.17, 15) is 0 Å². The number of furan rings is 2. The zero-order valence-electron chi connectivity index (χ0n) is 32.1. The Hall–Kier alpha value is -8.15. The number of fused-ring (bicyclic) bond motifs is 11. The van der Waals surface area contributed by atoms with Crippen LogP contribution in [0, 0.1) is 0 Å². The van der Waals surface area contributed by atoms with Gasteiger partial charge in [-0.05, 0) is 96.7 Å². The zero-order valence-corrected chi connectivity index (χ0v) is 32.1. The highest BCUT2D eigenvalue weighted by Gasteiger charge is 2.20. The smallest absolute Gasteiger partial charge is 0.164 e. The topological polar surface area (TPSA) is 65.0 Å². The molecule has 5 heteroatoms. The van der Waals surface area contributed by atoms with Crippen LogP contribution in [0.15, 0.2) is 197 Å². The van der Waals surface area contributed by atoms with E-state index in [1.54, 1.807) is 0 Å². The molecule has 13 aromatic rings. The molecule has 10 aromatic carbocycles. The first-order valence-electron chi connectivity index (χ1n) is 20.2. The van der Waals surface area contributed by atoms with Crippen molar-refractivity contribution in [1.29, 1.82) is 0 Å². The van der Waals surface area contributed by atoms with Gasteiger partial charge < -0.3 is 8.83 Å². The van der Waals surface area contributed by atoms with E-state index < -0.39 is 0 Å². The summed E-state index contributed by atoms with van der Waals surface area (Å²) < 4.78 is 12.6. The Morgan fingerprint density at radius 3 is 1.68 bits per heavy atom. The van der Waals surface area contributed by atoms with Crippen LogP contribution in [0.2, 0.25) is 0 Å². The molecule has 5 nitrogen and oxygen atoms in total. The Bertz CT molecular complexity index is 3910. The monoisotopic (exact) mass is 765 g/mol. The molecular formula is C55H31N3O2. The molecule has 0 unspecified atom stereocenters. The minimum absolute atomic E-state index is 0.599. The predicted octanol–water partition coefficient (Wildman–Crippen LogP) is 15.0. The van der Waals surface area contributed by atoms with Crippen molar-refractivity contribution in [3.63, 3.8) is 0 Å². The van der Waals surface area contributed by atoms with Gasteiger partial charge in [0.2, 0.25) is 0 Å². The zero-order chi connectivity index (χ0) is 39.3. The first-order chi connectivity index (χ1) is 29.7. The van der Waals surface area contributed by atoms with Gasteiger partial charge in [0.15, 0.2) is 17.5 Å². The lowest BCUT2D eigenvalue weighted by Gasteiger charge is -2.14. The van der Waals surface area contributed by atoms with Crippen LogP contribution < -0.4 is 0 Å². The number of benzene rings is 10. The summed E-state index contributed by atoms with van der Waals surface area (Å²) in [6.45, 7) is 0. The van der Waals surface area contributed by atoms with E-state index in [1.165, 1.54) is 5.39 Å². The van der Waals surface area contributed by atoms with Crippen LogP contribution in [0.25, 0.3) is 132 Å². The second-order valence-corrected chi connectivity index (χ2v) is 15.5. The summed E-state index contributed by atoms with van der Waals surface area (Å²) in [4.78, 5) is 16.0. The maximum atomic E-state index is 6.32. The predicted molar refractivity (Wildman–Crippen MR) is 246 cm³/mol. The molecule has 13 rings (SSSR count). The summed E-state index contributed by atoms with van der Waals surface area (Å²) in [6, 6.07) is 65.7. The van der Waals surface area contributed by atoms with Crippen molar-refractivity contribution in [3.8, 4) is 45.3 Å². The first-order valence-corrected chi connectivity index (χ1v) is 20.2. The summed E-state index contributed by atoms with van der Waals surface area (Å²) in [6.07, 6.45) is 0. The van der Waals surface area contributed by atoms with E-state index in [-0.39, 0.29) is 0 Å². The third-order valence-electron chi connectivity index (χ3n) is 12.1. The largest absolute Gasteiger partial charge is 0.456 e. The van der Waals surface area contributed by atoms with Crippen molar-refractivity contribution in [1.82, 2.24) is 15.0 Å². The molecule has 278 valence electrons. The van der Waals surface area contributed by atoms with Gasteiger partial charge in [-0.2, -0.15) is 0 Å². The van der Waals surface area contributed by atoms with Crippen molar-refractivity contribution >= 4 is 87.0 Å². The van der Waals surface area contributed by atoms with E-state index in [1.807, 2.05) is 30.3 Å². The fraction of sp³-hybridized carbons (Fsp3) is 0. The summed E-state index contributed by atoms with van der Waals surface area (Å²) in [5.41, 5.74) is 8.50. The molecule has 0 radical (unpaired) electrons. The van der Waals surface area contributed by atoms with Crippen molar-refractivity contribution in [2.75, 3.05) is 0 Å². The van der Waals surface area contributed by atoms with E-state index in [2.05, 4.69) is 158 Å². The van der Waals surface area contributed by atoms with Crippen molar-refractivity contribution in [2.45, 2.75) is 0 Å². The fourth-order valence-corrected chi connectivity index (χ4v) is 9.33. The van der Waals surface area contributed by atoms with Crippen LogP contribution in [-0.2, 0) is 0 Å². The molecule has 0 amide bonds. The van der Waals surface area contributed by atoms with E-state index >= 15 is 0 Å². The average Bonchev–Trinajstić information content (AvgIpc) is 3.88. The molecule has 60 heavy (non-hydrogen) atoms. The van der Waals surface area contributed by atoms with Crippen LogP contribution in [-0.4, -0.2) is 15.0 Å². The van der Waals surface area contributed by atoms with Gasteiger partial charge in [0, 0.05) is 38.2 Å². The summed E-state index contributed by atoms with van der Waals surface area (Å²) in [5, 5.41) is 13.3. The second kappa shape index (κ2) is 12.7. The Kier molecular flexibility index (Phi) is 6.95. The second-order valence-electron chi connectivity index (χ2n) is 15.5. The quantitative estimate of drug-likeness (QED) is 0.167. The number of hydrogen-bond donors (Lipinski definition) is 0. The van der Waals surface area contributed by atoms with Gasteiger partial charge >= 0.3 is 0 Å². The lowest BCUT2D eigenvalue weighted by Crippen LogP contribution is -2.01. The van der Waals surface area contributed by atoms with E-state index in [0.717, 1.165) is 109 Å². The normalized spacial score (nSPS) is 12.0. The number of hydrogen-bond acceptors (Lipinski definition) is 5. The number of rotatable bonds is 4.